The molecular formula is C16H15ClN2O3S. The van der Waals surface area contributed by atoms with Crippen LogP contribution >= 0.6 is 22.9 Å². The standard InChI is InChI=1S/C16H15ClN2O3S/c1-19-5-8-23-16(19)18-14(20)4-3-11-9-12(17)15-13(10-11)21-6-2-7-22-15/h3-5,8-10H,2,6-7H2,1H3. The first kappa shape index (κ1) is 15.8. The van der Waals surface area contributed by atoms with Crippen molar-refractivity contribution in [2.75, 3.05) is 13.2 Å². The van der Waals surface area contributed by atoms with Gasteiger partial charge in [0.15, 0.2) is 16.3 Å². The molecule has 2 heterocycles. The van der Waals surface area contributed by atoms with E-state index >= 15 is 0 Å². The smallest absolute Gasteiger partial charge is 0.272 e. The third kappa shape index (κ3) is 3.83. The number of fused-ring (bicyclic) bond motifs is 1. The molecule has 0 saturated carbocycles. The van der Waals surface area contributed by atoms with Crippen LogP contribution in [0.15, 0.2) is 34.8 Å². The Hall–Kier alpha value is -2.05. The number of carbonyl (C=O) groups excluding carboxylic acids is 1. The van der Waals surface area contributed by atoms with Gasteiger partial charge in [-0.25, -0.2) is 0 Å². The summed E-state index contributed by atoms with van der Waals surface area (Å²) in [4.78, 5) is 16.6. The zero-order valence-electron chi connectivity index (χ0n) is 12.5. The van der Waals surface area contributed by atoms with Crippen molar-refractivity contribution in [2.45, 2.75) is 6.42 Å². The van der Waals surface area contributed by atoms with E-state index in [1.54, 1.807) is 22.8 Å². The summed E-state index contributed by atoms with van der Waals surface area (Å²) in [6.07, 6.45) is 5.74. The zero-order chi connectivity index (χ0) is 16.2. The Morgan fingerprint density at radius 2 is 2.22 bits per heavy atom. The van der Waals surface area contributed by atoms with Gasteiger partial charge in [0.1, 0.15) is 0 Å². The number of ether oxygens (including phenoxy) is 2. The normalized spacial score (nSPS) is 15.0. The molecule has 0 bridgehead atoms. The molecule has 1 aliphatic heterocycles. The molecule has 0 aliphatic carbocycles. The average Bonchev–Trinajstić information content (AvgIpc) is 2.78. The van der Waals surface area contributed by atoms with Crippen LogP contribution in [0, 0.1) is 0 Å². The second-order valence-corrected chi connectivity index (χ2v) is 6.24. The van der Waals surface area contributed by atoms with Crippen molar-refractivity contribution in [3.05, 3.63) is 45.2 Å². The van der Waals surface area contributed by atoms with Crippen LogP contribution in [0.4, 0.5) is 0 Å². The van der Waals surface area contributed by atoms with Crippen LogP contribution in [0.1, 0.15) is 12.0 Å². The largest absolute Gasteiger partial charge is 0.489 e. The predicted octanol–water partition coefficient (Wildman–Crippen LogP) is 3.04. The molecule has 120 valence electrons. The minimum Gasteiger partial charge on any atom is -0.489 e. The summed E-state index contributed by atoms with van der Waals surface area (Å²) in [6, 6.07) is 3.55. The molecule has 23 heavy (non-hydrogen) atoms. The van der Waals surface area contributed by atoms with Crippen LogP contribution < -0.4 is 14.3 Å². The third-order valence-electron chi connectivity index (χ3n) is 3.21. The number of nitrogens with zero attached hydrogens (tertiary/aromatic N) is 2. The molecule has 3 rings (SSSR count). The third-order valence-corrected chi connectivity index (χ3v) is 4.34. The number of rotatable bonds is 2. The van der Waals surface area contributed by atoms with E-state index in [-0.39, 0.29) is 5.91 Å². The van der Waals surface area contributed by atoms with E-state index in [4.69, 9.17) is 21.1 Å². The summed E-state index contributed by atoms with van der Waals surface area (Å²) in [5.74, 6) is 0.831. The van der Waals surface area contributed by atoms with Crippen molar-refractivity contribution in [2.24, 2.45) is 12.0 Å². The number of aryl methyl sites for hydroxylation is 1. The van der Waals surface area contributed by atoms with Gasteiger partial charge in [-0.05, 0) is 23.8 Å². The lowest BCUT2D eigenvalue weighted by Crippen LogP contribution is -2.11. The highest BCUT2D eigenvalue weighted by Gasteiger charge is 2.14. The first-order valence-corrected chi connectivity index (χ1v) is 8.35. The Balaban J connectivity index is 1.83. The molecule has 0 radical (unpaired) electrons. The van der Waals surface area contributed by atoms with Crippen molar-refractivity contribution in [1.82, 2.24) is 4.57 Å². The van der Waals surface area contributed by atoms with Crippen molar-refractivity contribution in [1.29, 1.82) is 0 Å². The molecule has 1 aliphatic rings. The molecule has 1 amide bonds. The van der Waals surface area contributed by atoms with E-state index in [1.807, 2.05) is 18.6 Å². The summed E-state index contributed by atoms with van der Waals surface area (Å²) < 4.78 is 13.0. The Morgan fingerprint density at radius 1 is 1.39 bits per heavy atom. The topological polar surface area (TPSA) is 52.8 Å². The number of aromatic nitrogens is 1. The Labute approximate surface area is 142 Å². The Kier molecular flexibility index (Phi) is 4.83. The number of halogens is 1. The summed E-state index contributed by atoms with van der Waals surface area (Å²) in [5, 5.41) is 2.34. The lowest BCUT2D eigenvalue weighted by atomic mass is 10.2. The monoisotopic (exact) mass is 350 g/mol. The SMILES string of the molecule is Cn1ccsc1=NC(=O)C=Cc1cc(Cl)c2c(c1)OCCCO2. The molecular weight excluding hydrogens is 336 g/mol. The summed E-state index contributed by atoms with van der Waals surface area (Å²) in [7, 11) is 1.84. The van der Waals surface area contributed by atoms with Crippen LogP contribution in [-0.4, -0.2) is 23.7 Å². The number of thiazole rings is 1. The summed E-state index contributed by atoms with van der Waals surface area (Å²) in [6.45, 7) is 1.16. The fourth-order valence-electron chi connectivity index (χ4n) is 2.08. The minimum absolute atomic E-state index is 0.328. The first-order chi connectivity index (χ1) is 11.1. The van der Waals surface area contributed by atoms with Crippen LogP contribution in [0.25, 0.3) is 6.08 Å². The number of carbonyl (C=O) groups is 1. The molecule has 0 atom stereocenters. The van der Waals surface area contributed by atoms with Gasteiger partial charge < -0.3 is 14.0 Å². The van der Waals surface area contributed by atoms with Gasteiger partial charge in [0.25, 0.3) is 5.91 Å². The van der Waals surface area contributed by atoms with Crippen molar-refractivity contribution in [3.63, 3.8) is 0 Å². The van der Waals surface area contributed by atoms with Gasteiger partial charge in [-0.2, -0.15) is 4.99 Å². The highest BCUT2D eigenvalue weighted by atomic mass is 35.5. The van der Waals surface area contributed by atoms with Crippen LogP contribution in [0.3, 0.4) is 0 Å². The molecule has 1 aromatic heterocycles. The molecule has 7 heteroatoms. The maximum atomic E-state index is 11.9. The predicted molar refractivity (Wildman–Crippen MR) is 90.0 cm³/mol. The quantitative estimate of drug-likeness (QED) is 0.782. The Bertz CT molecular complexity index is 823. The number of hydrogen-bond donors (Lipinski definition) is 0. The average molecular weight is 351 g/mol. The fraction of sp³-hybridized carbons (Fsp3) is 0.250. The van der Waals surface area contributed by atoms with E-state index in [2.05, 4.69) is 4.99 Å². The lowest BCUT2D eigenvalue weighted by molar-refractivity contribution is -0.113. The molecule has 0 spiro atoms. The highest BCUT2D eigenvalue weighted by molar-refractivity contribution is 7.07. The highest BCUT2D eigenvalue weighted by Crippen LogP contribution is 2.38. The van der Waals surface area contributed by atoms with Gasteiger partial charge in [-0.1, -0.05) is 11.6 Å². The molecule has 2 aromatic rings. The first-order valence-electron chi connectivity index (χ1n) is 7.09. The van der Waals surface area contributed by atoms with Crippen molar-refractivity contribution in [3.8, 4) is 11.5 Å². The molecule has 0 fully saturated rings. The van der Waals surface area contributed by atoms with Crippen molar-refractivity contribution >= 4 is 34.9 Å². The van der Waals surface area contributed by atoms with E-state index in [0.717, 1.165) is 12.0 Å². The summed E-state index contributed by atoms with van der Waals surface area (Å²) >= 11 is 7.63. The van der Waals surface area contributed by atoms with Gasteiger partial charge in [-0.15, -0.1) is 11.3 Å². The van der Waals surface area contributed by atoms with Gasteiger partial charge in [0.05, 0.1) is 18.2 Å². The van der Waals surface area contributed by atoms with Crippen LogP contribution in [0.5, 0.6) is 11.5 Å². The van der Waals surface area contributed by atoms with Crippen LogP contribution in [-0.2, 0) is 11.8 Å². The van der Waals surface area contributed by atoms with Gasteiger partial charge in [-0.3, -0.25) is 4.79 Å². The molecule has 0 saturated heterocycles. The molecule has 0 unspecified atom stereocenters. The van der Waals surface area contributed by atoms with Gasteiger partial charge in [0.2, 0.25) is 0 Å². The number of benzene rings is 1. The maximum absolute atomic E-state index is 11.9. The van der Waals surface area contributed by atoms with Gasteiger partial charge in [0, 0.05) is 31.1 Å². The zero-order valence-corrected chi connectivity index (χ0v) is 14.1. The number of amides is 1. The second kappa shape index (κ2) is 7.02. The maximum Gasteiger partial charge on any atom is 0.272 e. The summed E-state index contributed by atoms with van der Waals surface area (Å²) in [5.41, 5.74) is 0.762. The fourth-order valence-corrected chi connectivity index (χ4v) is 3.09. The van der Waals surface area contributed by atoms with E-state index in [1.165, 1.54) is 17.4 Å². The molecule has 5 nitrogen and oxygen atoms in total. The van der Waals surface area contributed by atoms with E-state index in [0.29, 0.717) is 34.5 Å². The lowest BCUT2D eigenvalue weighted by Gasteiger charge is -2.09. The number of hydrogen-bond acceptors (Lipinski definition) is 4. The second-order valence-electron chi connectivity index (χ2n) is 4.96. The van der Waals surface area contributed by atoms with E-state index in [9.17, 15) is 4.79 Å². The van der Waals surface area contributed by atoms with Gasteiger partial charge >= 0.3 is 0 Å². The molecule has 1 aromatic carbocycles. The van der Waals surface area contributed by atoms with Crippen LogP contribution in [0.2, 0.25) is 5.02 Å². The Morgan fingerprint density at radius 3 is 3.00 bits per heavy atom. The van der Waals surface area contributed by atoms with E-state index < -0.39 is 0 Å². The minimum atomic E-state index is -0.328. The van der Waals surface area contributed by atoms with Crippen molar-refractivity contribution < 1.29 is 14.3 Å². The molecule has 0 N–H and O–H groups in total.